The molecule has 0 fully saturated rings. The topological polar surface area (TPSA) is 12.9 Å². The second kappa shape index (κ2) is 6.51. The molecule has 0 saturated carbocycles. The zero-order valence-electron chi connectivity index (χ0n) is 13.3. The first kappa shape index (κ1) is 14.4. The number of hydrogen-bond donors (Lipinski definition) is 0. The normalized spacial score (nSPS) is 10.5. The average Bonchev–Trinajstić information content (AvgIpc) is 2.69. The lowest BCUT2D eigenvalue weighted by Crippen LogP contribution is -1.79. The minimum Gasteiger partial charge on any atom is -0.265 e. The number of nitrogens with zero attached hydrogens (tertiary/aromatic N) is 1. The largest absolute Gasteiger partial charge is 0.265 e. The fourth-order valence-electron chi connectivity index (χ4n) is 3.08. The lowest BCUT2D eigenvalue weighted by Gasteiger charge is -2.07. The van der Waals surface area contributed by atoms with E-state index >= 15 is 0 Å². The maximum Gasteiger partial charge on any atom is 0.0267 e. The van der Waals surface area contributed by atoms with Gasteiger partial charge in [0.1, 0.15) is 0 Å². The van der Waals surface area contributed by atoms with E-state index in [0.29, 0.717) is 0 Å². The van der Waals surface area contributed by atoms with Gasteiger partial charge >= 0.3 is 0 Å². The summed E-state index contributed by atoms with van der Waals surface area (Å²) in [7, 11) is 0. The zero-order chi connectivity index (χ0) is 16.2. The summed E-state index contributed by atoms with van der Waals surface area (Å²) in [4.78, 5) is 3.78. The molecule has 5 rings (SSSR count). The van der Waals surface area contributed by atoms with Crippen LogP contribution in [0.4, 0.5) is 0 Å². The van der Waals surface area contributed by atoms with Gasteiger partial charge in [0.2, 0.25) is 0 Å². The van der Waals surface area contributed by atoms with Crippen molar-refractivity contribution in [2.75, 3.05) is 0 Å². The van der Waals surface area contributed by atoms with Crippen LogP contribution in [-0.4, -0.2) is 4.98 Å². The highest BCUT2D eigenvalue weighted by Crippen LogP contribution is 2.30. The molecule has 0 aliphatic heterocycles. The Bertz CT molecular complexity index is 996. The summed E-state index contributed by atoms with van der Waals surface area (Å²) in [6, 6.07) is 31.8. The van der Waals surface area contributed by atoms with Gasteiger partial charge in [-0.3, -0.25) is 4.98 Å². The maximum absolute atomic E-state index is 3.78. The number of hydrogen-bond acceptors (Lipinski definition) is 1. The summed E-state index contributed by atoms with van der Waals surface area (Å²) in [5, 5.41) is 7.96. The van der Waals surface area contributed by atoms with Crippen LogP contribution in [0.2, 0.25) is 0 Å². The molecule has 0 amide bonds. The first-order valence-corrected chi connectivity index (χ1v) is 8.08. The maximum atomic E-state index is 3.78. The van der Waals surface area contributed by atoms with E-state index in [4.69, 9.17) is 0 Å². The molecule has 0 aliphatic rings. The Morgan fingerprint density at radius 2 is 0.875 bits per heavy atom. The van der Waals surface area contributed by atoms with Crippen LogP contribution in [0.15, 0.2) is 103 Å². The van der Waals surface area contributed by atoms with Gasteiger partial charge in [-0.1, -0.05) is 78.9 Å². The van der Waals surface area contributed by atoms with Gasteiger partial charge in [-0.05, 0) is 44.5 Å². The van der Waals surface area contributed by atoms with Crippen molar-refractivity contribution in [3.63, 3.8) is 0 Å². The quantitative estimate of drug-likeness (QED) is 0.309. The van der Waals surface area contributed by atoms with E-state index in [1.54, 1.807) is 12.4 Å². The van der Waals surface area contributed by atoms with Gasteiger partial charge in [-0.25, -0.2) is 0 Å². The standard InChI is InChI=1S/C18H12.C5H5N/c1-3-7-15-13(5-1)9-11-18-16-8-4-2-6-14(16)10-12-17(15)18;1-2-4-6-5-3-1/h1-12H;1-5H. The predicted molar refractivity (Wildman–Crippen MR) is 103 cm³/mol. The lowest BCUT2D eigenvalue weighted by molar-refractivity contribution is 1.33. The molecule has 5 aromatic rings. The van der Waals surface area contributed by atoms with Crippen molar-refractivity contribution in [3.8, 4) is 0 Å². The SMILES string of the molecule is c1ccc2c(c1)ccc1c3ccccc3ccc21.c1ccncc1. The van der Waals surface area contributed by atoms with Crippen LogP contribution in [-0.2, 0) is 0 Å². The molecule has 1 nitrogen and oxygen atoms in total. The van der Waals surface area contributed by atoms with Crippen molar-refractivity contribution < 1.29 is 0 Å². The van der Waals surface area contributed by atoms with E-state index in [1.165, 1.54) is 32.3 Å². The Labute approximate surface area is 141 Å². The van der Waals surface area contributed by atoms with Gasteiger partial charge in [0.25, 0.3) is 0 Å². The third kappa shape index (κ3) is 2.72. The molecule has 0 radical (unpaired) electrons. The zero-order valence-corrected chi connectivity index (χ0v) is 13.3. The summed E-state index contributed by atoms with van der Waals surface area (Å²) < 4.78 is 0. The van der Waals surface area contributed by atoms with Gasteiger partial charge < -0.3 is 0 Å². The van der Waals surface area contributed by atoms with Gasteiger partial charge in [0, 0.05) is 12.4 Å². The van der Waals surface area contributed by atoms with Gasteiger partial charge in [-0.15, -0.1) is 0 Å². The van der Waals surface area contributed by atoms with Crippen molar-refractivity contribution in [2.24, 2.45) is 0 Å². The van der Waals surface area contributed by atoms with Crippen LogP contribution in [0.3, 0.4) is 0 Å². The molecular weight excluding hydrogens is 290 g/mol. The van der Waals surface area contributed by atoms with Crippen LogP contribution in [0.25, 0.3) is 32.3 Å². The fraction of sp³-hybridized carbons (Fsp3) is 0. The van der Waals surface area contributed by atoms with Gasteiger partial charge in [0.15, 0.2) is 0 Å². The first-order valence-electron chi connectivity index (χ1n) is 8.08. The molecule has 0 aliphatic carbocycles. The van der Waals surface area contributed by atoms with Crippen molar-refractivity contribution in [3.05, 3.63) is 103 Å². The predicted octanol–water partition coefficient (Wildman–Crippen LogP) is 6.23. The smallest absolute Gasteiger partial charge is 0.0267 e. The number of pyridine rings is 1. The summed E-state index contributed by atoms with van der Waals surface area (Å²) in [5.41, 5.74) is 0. The van der Waals surface area contributed by atoms with E-state index < -0.39 is 0 Å². The van der Waals surface area contributed by atoms with Gasteiger partial charge in [0.05, 0.1) is 0 Å². The van der Waals surface area contributed by atoms with Crippen molar-refractivity contribution in [1.29, 1.82) is 0 Å². The fourth-order valence-corrected chi connectivity index (χ4v) is 3.08. The van der Waals surface area contributed by atoms with Crippen LogP contribution in [0.5, 0.6) is 0 Å². The minimum absolute atomic E-state index is 1.31. The minimum atomic E-state index is 1.31. The molecule has 4 aromatic carbocycles. The highest BCUT2D eigenvalue weighted by Gasteiger charge is 2.03. The Morgan fingerprint density at radius 3 is 1.29 bits per heavy atom. The number of rotatable bonds is 0. The Balaban J connectivity index is 0.000000207. The van der Waals surface area contributed by atoms with Crippen molar-refractivity contribution in [1.82, 2.24) is 4.98 Å². The molecule has 0 bridgehead atoms. The van der Waals surface area contributed by atoms with Crippen LogP contribution in [0.1, 0.15) is 0 Å². The molecule has 24 heavy (non-hydrogen) atoms. The molecule has 114 valence electrons. The van der Waals surface area contributed by atoms with E-state index in [0.717, 1.165) is 0 Å². The summed E-state index contributed by atoms with van der Waals surface area (Å²) in [5.74, 6) is 0. The Kier molecular flexibility index (Phi) is 3.91. The molecule has 0 saturated heterocycles. The van der Waals surface area contributed by atoms with Crippen LogP contribution < -0.4 is 0 Å². The Morgan fingerprint density at radius 1 is 0.375 bits per heavy atom. The van der Waals surface area contributed by atoms with Crippen LogP contribution in [0, 0.1) is 0 Å². The van der Waals surface area contributed by atoms with E-state index in [-0.39, 0.29) is 0 Å². The van der Waals surface area contributed by atoms with Crippen molar-refractivity contribution >= 4 is 32.3 Å². The average molecular weight is 307 g/mol. The summed E-state index contributed by atoms with van der Waals surface area (Å²) >= 11 is 0. The molecule has 1 aromatic heterocycles. The monoisotopic (exact) mass is 307 g/mol. The van der Waals surface area contributed by atoms with Gasteiger partial charge in [-0.2, -0.15) is 0 Å². The van der Waals surface area contributed by atoms with Crippen LogP contribution >= 0.6 is 0 Å². The molecule has 0 atom stereocenters. The summed E-state index contributed by atoms with van der Waals surface area (Å²) in [6.07, 6.45) is 3.50. The van der Waals surface area contributed by atoms with E-state index in [1.807, 2.05) is 18.2 Å². The number of aromatic nitrogens is 1. The third-order valence-corrected chi connectivity index (χ3v) is 4.22. The molecule has 1 heterocycles. The number of fused-ring (bicyclic) bond motifs is 5. The second-order valence-electron chi connectivity index (χ2n) is 5.69. The van der Waals surface area contributed by atoms with E-state index in [9.17, 15) is 0 Å². The molecule has 0 unspecified atom stereocenters. The second-order valence-corrected chi connectivity index (χ2v) is 5.69. The highest BCUT2D eigenvalue weighted by molar-refractivity contribution is 6.17. The molecule has 0 spiro atoms. The summed E-state index contributed by atoms with van der Waals surface area (Å²) in [6.45, 7) is 0. The van der Waals surface area contributed by atoms with Crippen molar-refractivity contribution in [2.45, 2.75) is 0 Å². The molecule has 1 heteroatoms. The molecule has 0 N–H and O–H groups in total. The third-order valence-electron chi connectivity index (χ3n) is 4.22. The highest BCUT2D eigenvalue weighted by atomic mass is 14.6. The lowest BCUT2D eigenvalue weighted by atomic mass is 9.97. The Hall–Kier alpha value is -3.19. The molecular formula is C23H17N. The van der Waals surface area contributed by atoms with E-state index in [2.05, 4.69) is 77.8 Å². The first-order chi connectivity index (χ1) is 11.9. The number of benzene rings is 4.